The Hall–Kier alpha value is -0.540. The van der Waals surface area contributed by atoms with Crippen LogP contribution in [0.5, 0.6) is 0 Å². The van der Waals surface area contributed by atoms with E-state index < -0.39 is 0 Å². The molecule has 0 atom stereocenters. The van der Waals surface area contributed by atoms with Gasteiger partial charge in [0.2, 0.25) is 0 Å². The van der Waals surface area contributed by atoms with Gasteiger partial charge < -0.3 is 10.1 Å². The van der Waals surface area contributed by atoms with Crippen molar-refractivity contribution in [2.75, 3.05) is 25.1 Å². The molecule has 0 bridgehead atoms. The molecule has 2 rings (SSSR count). The third-order valence-electron chi connectivity index (χ3n) is 3.09. The molecule has 3 heteroatoms. The van der Waals surface area contributed by atoms with E-state index in [9.17, 15) is 0 Å². The normalized spacial score (nSPS) is 17.4. The molecule has 0 amide bonds. The van der Waals surface area contributed by atoms with Gasteiger partial charge in [-0.05, 0) is 49.4 Å². The van der Waals surface area contributed by atoms with Crippen molar-refractivity contribution in [2.45, 2.75) is 19.8 Å². The number of ether oxygens (including phenoxy) is 1. The summed E-state index contributed by atoms with van der Waals surface area (Å²) in [6, 6.07) is 6.40. The van der Waals surface area contributed by atoms with Crippen LogP contribution in [0.2, 0.25) is 0 Å². The van der Waals surface area contributed by atoms with Crippen molar-refractivity contribution in [3.8, 4) is 0 Å². The molecule has 0 spiro atoms. The fourth-order valence-corrected chi connectivity index (χ4v) is 2.21. The Balaban J connectivity index is 1.86. The Morgan fingerprint density at radius 3 is 2.81 bits per heavy atom. The van der Waals surface area contributed by atoms with Crippen molar-refractivity contribution in [3.63, 3.8) is 0 Å². The monoisotopic (exact) mass is 283 g/mol. The number of rotatable bonds is 3. The number of anilines is 1. The quantitative estimate of drug-likeness (QED) is 0.915. The molecule has 1 aromatic rings. The van der Waals surface area contributed by atoms with E-state index >= 15 is 0 Å². The highest BCUT2D eigenvalue weighted by atomic mass is 79.9. The molecule has 0 radical (unpaired) electrons. The highest BCUT2D eigenvalue weighted by Gasteiger charge is 2.13. The van der Waals surface area contributed by atoms with Gasteiger partial charge in [-0.2, -0.15) is 0 Å². The number of hydrogen-bond acceptors (Lipinski definition) is 2. The largest absolute Gasteiger partial charge is 0.385 e. The number of hydrogen-bond donors (Lipinski definition) is 1. The van der Waals surface area contributed by atoms with E-state index in [-0.39, 0.29) is 0 Å². The lowest BCUT2D eigenvalue weighted by Crippen LogP contribution is -2.22. The first-order valence-electron chi connectivity index (χ1n) is 5.83. The Bertz CT molecular complexity index is 348. The molecule has 2 nitrogen and oxygen atoms in total. The number of aryl methyl sites for hydroxylation is 1. The first-order valence-corrected chi connectivity index (χ1v) is 6.63. The summed E-state index contributed by atoms with van der Waals surface area (Å²) in [5.41, 5.74) is 2.49. The third-order valence-corrected chi connectivity index (χ3v) is 3.98. The molecule has 1 aromatic carbocycles. The molecule has 0 saturated carbocycles. The molecule has 1 heterocycles. The molecular formula is C13H18BrNO. The van der Waals surface area contributed by atoms with E-state index in [1.165, 1.54) is 28.6 Å². The summed E-state index contributed by atoms with van der Waals surface area (Å²) < 4.78 is 6.52. The Morgan fingerprint density at radius 1 is 1.38 bits per heavy atom. The van der Waals surface area contributed by atoms with Crippen molar-refractivity contribution in [1.29, 1.82) is 0 Å². The van der Waals surface area contributed by atoms with Crippen LogP contribution in [0.25, 0.3) is 0 Å². The fourth-order valence-electron chi connectivity index (χ4n) is 1.97. The second-order valence-electron chi connectivity index (χ2n) is 4.40. The third kappa shape index (κ3) is 3.22. The lowest BCUT2D eigenvalue weighted by molar-refractivity contribution is 0.0699. The average molecular weight is 284 g/mol. The van der Waals surface area contributed by atoms with Crippen LogP contribution < -0.4 is 5.32 Å². The smallest absolute Gasteiger partial charge is 0.0469 e. The molecule has 0 aromatic heterocycles. The maximum atomic E-state index is 5.35. The van der Waals surface area contributed by atoms with Crippen LogP contribution in [0.3, 0.4) is 0 Å². The van der Waals surface area contributed by atoms with Crippen LogP contribution >= 0.6 is 15.9 Å². The minimum atomic E-state index is 0.762. The van der Waals surface area contributed by atoms with Crippen molar-refractivity contribution in [2.24, 2.45) is 5.92 Å². The van der Waals surface area contributed by atoms with E-state index in [1.54, 1.807) is 0 Å². The molecule has 1 N–H and O–H groups in total. The topological polar surface area (TPSA) is 21.3 Å². The van der Waals surface area contributed by atoms with Crippen molar-refractivity contribution in [1.82, 2.24) is 0 Å². The van der Waals surface area contributed by atoms with Gasteiger partial charge in [0.1, 0.15) is 0 Å². The van der Waals surface area contributed by atoms with Gasteiger partial charge in [-0.25, -0.2) is 0 Å². The second kappa shape index (κ2) is 5.69. The van der Waals surface area contributed by atoms with Crippen LogP contribution in [0.1, 0.15) is 18.4 Å². The predicted octanol–water partition coefficient (Wildman–Crippen LogP) is 3.60. The summed E-state index contributed by atoms with van der Waals surface area (Å²) in [6.07, 6.45) is 2.37. The summed E-state index contributed by atoms with van der Waals surface area (Å²) in [6.45, 7) is 5.02. The zero-order valence-electron chi connectivity index (χ0n) is 9.63. The Morgan fingerprint density at radius 2 is 2.12 bits per heavy atom. The molecule has 1 aliphatic rings. The molecule has 88 valence electrons. The maximum Gasteiger partial charge on any atom is 0.0469 e. The standard InChI is InChI=1S/C13H18BrNO/c1-10-8-12(2-3-13(10)14)15-9-11-4-6-16-7-5-11/h2-3,8,11,15H,4-7,9H2,1H3. The Labute approximate surface area is 106 Å². The van der Waals surface area contributed by atoms with Gasteiger partial charge in [-0.3, -0.25) is 0 Å². The number of nitrogens with one attached hydrogen (secondary N) is 1. The summed E-state index contributed by atoms with van der Waals surface area (Å²) in [5.74, 6) is 0.762. The molecule has 1 saturated heterocycles. The first-order chi connectivity index (χ1) is 7.75. The summed E-state index contributed by atoms with van der Waals surface area (Å²) in [4.78, 5) is 0. The molecule has 16 heavy (non-hydrogen) atoms. The van der Waals surface area contributed by atoms with Crippen LogP contribution in [0.15, 0.2) is 22.7 Å². The Kier molecular flexibility index (Phi) is 4.24. The van der Waals surface area contributed by atoms with E-state index in [2.05, 4.69) is 46.4 Å². The first kappa shape index (κ1) is 11.9. The van der Waals surface area contributed by atoms with Gasteiger partial charge in [0.15, 0.2) is 0 Å². The van der Waals surface area contributed by atoms with E-state index in [0.717, 1.165) is 25.7 Å². The summed E-state index contributed by atoms with van der Waals surface area (Å²) >= 11 is 3.51. The van der Waals surface area contributed by atoms with E-state index in [4.69, 9.17) is 4.74 Å². The summed E-state index contributed by atoms with van der Waals surface area (Å²) in [5, 5.41) is 3.51. The molecule has 0 aliphatic carbocycles. The van der Waals surface area contributed by atoms with Gasteiger partial charge in [0.25, 0.3) is 0 Å². The van der Waals surface area contributed by atoms with Gasteiger partial charge in [0.05, 0.1) is 0 Å². The lowest BCUT2D eigenvalue weighted by Gasteiger charge is -2.22. The second-order valence-corrected chi connectivity index (χ2v) is 5.25. The lowest BCUT2D eigenvalue weighted by atomic mass is 10.0. The number of benzene rings is 1. The predicted molar refractivity (Wildman–Crippen MR) is 70.9 cm³/mol. The van der Waals surface area contributed by atoms with Crippen LogP contribution in [-0.2, 0) is 4.74 Å². The fraction of sp³-hybridized carbons (Fsp3) is 0.538. The molecule has 0 unspecified atom stereocenters. The van der Waals surface area contributed by atoms with Crippen LogP contribution in [0, 0.1) is 12.8 Å². The van der Waals surface area contributed by atoms with Gasteiger partial charge in [-0.15, -0.1) is 0 Å². The number of halogens is 1. The van der Waals surface area contributed by atoms with E-state index in [1.807, 2.05) is 0 Å². The maximum absolute atomic E-state index is 5.35. The van der Waals surface area contributed by atoms with Gasteiger partial charge >= 0.3 is 0 Å². The SMILES string of the molecule is Cc1cc(NCC2CCOCC2)ccc1Br. The molecular weight excluding hydrogens is 266 g/mol. The van der Waals surface area contributed by atoms with Crippen LogP contribution in [-0.4, -0.2) is 19.8 Å². The van der Waals surface area contributed by atoms with Crippen molar-refractivity contribution >= 4 is 21.6 Å². The van der Waals surface area contributed by atoms with Gasteiger partial charge in [-0.1, -0.05) is 15.9 Å². The average Bonchev–Trinajstić information content (AvgIpc) is 2.32. The molecule has 1 fully saturated rings. The van der Waals surface area contributed by atoms with E-state index in [0.29, 0.717) is 0 Å². The summed E-state index contributed by atoms with van der Waals surface area (Å²) in [7, 11) is 0. The zero-order chi connectivity index (χ0) is 11.4. The zero-order valence-corrected chi connectivity index (χ0v) is 11.2. The van der Waals surface area contributed by atoms with Crippen molar-refractivity contribution < 1.29 is 4.74 Å². The minimum absolute atomic E-state index is 0.762. The minimum Gasteiger partial charge on any atom is -0.385 e. The van der Waals surface area contributed by atoms with Crippen LogP contribution in [0.4, 0.5) is 5.69 Å². The highest BCUT2D eigenvalue weighted by molar-refractivity contribution is 9.10. The van der Waals surface area contributed by atoms with Crippen molar-refractivity contribution in [3.05, 3.63) is 28.2 Å². The van der Waals surface area contributed by atoms with Gasteiger partial charge in [0, 0.05) is 29.9 Å². The highest BCUT2D eigenvalue weighted by Crippen LogP contribution is 2.21. The molecule has 1 aliphatic heterocycles.